The van der Waals surface area contributed by atoms with Crippen LogP contribution in [0.1, 0.15) is 46.2 Å². The van der Waals surface area contributed by atoms with Crippen LogP contribution in [0, 0.1) is 11.6 Å². The van der Waals surface area contributed by atoms with E-state index in [-0.39, 0.29) is 6.04 Å². The van der Waals surface area contributed by atoms with Gasteiger partial charge >= 0.3 is 0 Å². The Kier molecular flexibility index (Phi) is 4.36. The molecule has 1 nitrogen and oxygen atoms in total. The molecule has 0 spiro atoms. The lowest BCUT2D eigenvalue weighted by atomic mass is 10.0. The van der Waals surface area contributed by atoms with E-state index in [2.05, 4.69) is 11.4 Å². The fourth-order valence-electron chi connectivity index (χ4n) is 3.05. The highest BCUT2D eigenvalue weighted by Crippen LogP contribution is 2.35. The average Bonchev–Trinajstić information content (AvgIpc) is 2.69. The van der Waals surface area contributed by atoms with Gasteiger partial charge in [0.15, 0.2) is 0 Å². The lowest BCUT2D eigenvalue weighted by Gasteiger charge is -2.15. The Morgan fingerprint density at radius 2 is 1.71 bits per heavy atom. The van der Waals surface area contributed by atoms with Gasteiger partial charge in [0.05, 0.1) is 6.04 Å². The zero-order chi connectivity index (χ0) is 14.8. The number of halogens is 2. The lowest BCUT2D eigenvalue weighted by molar-refractivity contribution is 0.572. The smallest absolute Gasteiger partial charge is 0.126 e. The van der Waals surface area contributed by atoms with Crippen LogP contribution in [0.3, 0.4) is 0 Å². The minimum absolute atomic E-state index is 0.146. The number of thiophene rings is 1. The third-order valence-electron chi connectivity index (χ3n) is 4.06. The Labute approximate surface area is 128 Å². The average molecular weight is 307 g/mol. The number of nitrogens with one attached hydrogen (secondary N) is 1. The van der Waals surface area contributed by atoms with Crippen molar-refractivity contribution in [2.75, 3.05) is 7.05 Å². The van der Waals surface area contributed by atoms with Crippen LogP contribution in [0.2, 0.25) is 0 Å². The van der Waals surface area contributed by atoms with E-state index in [9.17, 15) is 8.78 Å². The van der Waals surface area contributed by atoms with Gasteiger partial charge in [-0.15, -0.1) is 11.3 Å². The molecule has 4 heteroatoms. The van der Waals surface area contributed by atoms with E-state index in [1.165, 1.54) is 41.8 Å². The fraction of sp³-hybridized carbons (Fsp3) is 0.412. The molecular formula is C17H19F2NS. The molecule has 0 amide bonds. The van der Waals surface area contributed by atoms with E-state index in [0.717, 1.165) is 23.8 Å². The Morgan fingerprint density at radius 3 is 2.43 bits per heavy atom. The third kappa shape index (κ3) is 3.16. The molecule has 112 valence electrons. The molecule has 0 bridgehead atoms. The second kappa shape index (κ2) is 6.24. The number of aryl methyl sites for hydroxylation is 2. The summed E-state index contributed by atoms with van der Waals surface area (Å²) in [6, 6.07) is 5.81. The maximum Gasteiger partial charge on any atom is 0.126 e. The molecule has 1 aromatic heterocycles. The van der Waals surface area contributed by atoms with Crippen molar-refractivity contribution < 1.29 is 8.78 Å². The first-order valence-corrected chi connectivity index (χ1v) is 8.24. The van der Waals surface area contributed by atoms with Crippen LogP contribution in [0.15, 0.2) is 24.3 Å². The van der Waals surface area contributed by atoms with Gasteiger partial charge < -0.3 is 5.32 Å². The van der Waals surface area contributed by atoms with E-state index in [1.807, 2.05) is 7.05 Å². The number of hydrogen-bond acceptors (Lipinski definition) is 2. The Bertz CT molecular complexity index is 592. The molecule has 1 atom stereocenters. The molecule has 0 fully saturated rings. The SMILES string of the molecule is CNC(c1cc(F)cc(F)c1)c1cc2c(s1)CCCCC2. The zero-order valence-electron chi connectivity index (χ0n) is 12.1. The minimum atomic E-state index is -0.525. The highest BCUT2D eigenvalue weighted by molar-refractivity contribution is 7.12. The third-order valence-corrected chi connectivity index (χ3v) is 5.36. The second-order valence-electron chi connectivity index (χ2n) is 5.58. The zero-order valence-corrected chi connectivity index (χ0v) is 12.9. The van der Waals surface area contributed by atoms with Crippen molar-refractivity contribution in [3.05, 3.63) is 56.8 Å². The maximum absolute atomic E-state index is 13.5. The molecule has 1 aliphatic rings. The molecule has 1 aromatic carbocycles. The molecule has 0 radical (unpaired) electrons. The van der Waals surface area contributed by atoms with E-state index in [1.54, 1.807) is 11.3 Å². The highest BCUT2D eigenvalue weighted by atomic mass is 32.1. The molecule has 0 aliphatic heterocycles. The molecular weight excluding hydrogens is 288 g/mol. The van der Waals surface area contributed by atoms with Crippen LogP contribution in [0.4, 0.5) is 8.78 Å². The quantitative estimate of drug-likeness (QED) is 0.817. The first-order valence-electron chi connectivity index (χ1n) is 7.42. The maximum atomic E-state index is 13.5. The standard InChI is InChI=1S/C17H19F2NS/c1-20-17(12-7-13(18)10-14(19)8-12)16-9-11-5-3-2-4-6-15(11)21-16/h7-10,17,20H,2-6H2,1H3. The topological polar surface area (TPSA) is 12.0 Å². The van der Waals surface area contributed by atoms with Gasteiger partial charge in [-0.2, -0.15) is 0 Å². The van der Waals surface area contributed by atoms with Crippen molar-refractivity contribution in [2.45, 2.75) is 38.1 Å². The second-order valence-corrected chi connectivity index (χ2v) is 6.75. The largest absolute Gasteiger partial charge is 0.309 e. The monoisotopic (exact) mass is 307 g/mol. The van der Waals surface area contributed by atoms with E-state index in [4.69, 9.17) is 0 Å². The highest BCUT2D eigenvalue weighted by Gasteiger charge is 2.20. The van der Waals surface area contributed by atoms with Crippen LogP contribution in [-0.2, 0) is 12.8 Å². The van der Waals surface area contributed by atoms with Crippen LogP contribution in [-0.4, -0.2) is 7.05 Å². The van der Waals surface area contributed by atoms with Gasteiger partial charge in [0.2, 0.25) is 0 Å². The predicted octanol–water partition coefficient (Wildman–Crippen LogP) is 4.60. The summed E-state index contributed by atoms with van der Waals surface area (Å²) in [4.78, 5) is 2.59. The fourth-order valence-corrected chi connectivity index (χ4v) is 4.44. The molecule has 2 aromatic rings. The van der Waals surface area contributed by atoms with Gasteiger partial charge in [0.25, 0.3) is 0 Å². The Balaban J connectivity index is 1.96. The molecule has 1 unspecified atom stereocenters. The minimum Gasteiger partial charge on any atom is -0.309 e. The van der Waals surface area contributed by atoms with Gasteiger partial charge in [-0.05, 0) is 62.1 Å². The molecule has 1 heterocycles. The van der Waals surface area contributed by atoms with Crippen LogP contribution < -0.4 is 5.32 Å². The molecule has 0 saturated carbocycles. The van der Waals surface area contributed by atoms with E-state index < -0.39 is 11.6 Å². The normalized spacial score (nSPS) is 16.3. The lowest BCUT2D eigenvalue weighted by Crippen LogP contribution is -2.17. The summed E-state index contributed by atoms with van der Waals surface area (Å²) in [7, 11) is 1.83. The van der Waals surface area contributed by atoms with E-state index >= 15 is 0 Å². The van der Waals surface area contributed by atoms with Crippen molar-refractivity contribution in [1.82, 2.24) is 5.32 Å². The Morgan fingerprint density at radius 1 is 1.00 bits per heavy atom. The number of hydrogen-bond donors (Lipinski definition) is 1. The van der Waals surface area contributed by atoms with E-state index in [0.29, 0.717) is 5.56 Å². The first kappa shape index (κ1) is 14.7. The van der Waals surface area contributed by atoms with Gasteiger partial charge in [-0.25, -0.2) is 8.78 Å². The van der Waals surface area contributed by atoms with Crippen molar-refractivity contribution >= 4 is 11.3 Å². The van der Waals surface area contributed by atoms with Crippen molar-refractivity contribution in [3.8, 4) is 0 Å². The summed E-state index contributed by atoms with van der Waals surface area (Å²) in [6.07, 6.45) is 6.03. The van der Waals surface area contributed by atoms with Crippen molar-refractivity contribution in [3.63, 3.8) is 0 Å². The number of rotatable bonds is 3. The number of fused-ring (bicyclic) bond motifs is 1. The summed E-state index contributed by atoms with van der Waals surface area (Å²) < 4.78 is 26.9. The molecule has 21 heavy (non-hydrogen) atoms. The molecule has 0 saturated heterocycles. The first-order chi connectivity index (χ1) is 10.2. The molecule has 1 aliphatic carbocycles. The van der Waals surface area contributed by atoms with Crippen LogP contribution >= 0.6 is 11.3 Å². The van der Waals surface area contributed by atoms with Gasteiger partial charge in [0.1, 0.15) is 11.6 Å². The summed E-state index contributed by atoms with van der Waals surface area (Å²) >= 11 is 1.78. The van der Waals surface area contributed by atoms with Crippen LogP contribution in [0.25, 0.3) is 0 Å². The van der Waals surface area contributed by atoms with Gasteiger partial charge in [-0.3, -0.25) is 0 Å². The van der Waals surface area contributed by atoms with Crippen LogP contribution in [0.5, 0.6) is 0 Å². The Hall–Kier alpha value is -1.26. The number of benzene rings is 1. The summed E-state index contributed by atoms with van der Waals surface area (Å²) in [5.74, 6) is -1.05. The predicted molar refractivity (Wildman–Crippen MR) is 82.8 cm³/mol. The van der Waals surface area contributed by atoms with Crippen molar-refractivity contribution in [2.24, 2.45) is 0 Å². The van der Waals surface area contributed by atoms with Gasteiger partial charge in [-0.1, -0.05) is 6.42 Å². The van der Waals surface area contributed by atoms with Crippen molar-refractivity contribution in [1.29, 1.82) is 0 Å². The summed E-state index contributed by atoms with van der Waals surface area (Å²) in [6.45, 7) is 0. The molecule has 1 N–H and O–H groups in total. The summed E-state index contributed by atoms with van der Waals surface area (Å²) in [5.41, 5.74) is 2.07. The van der Waals surface area contributed by atoms with Gasteiger partial charge in [0, 0.05) is 15.8 Å². The molecule has 3 rings (SSSR count). The summed E-state index contributed by atoms with van der Waals surface area (Å²) in [5, 5.41) is 3.19.